The molecule has 2 fully saturated rings. The largest absolute Gasteiger partial charge is 0.329 e. The molecular weight excluding hydrogens is 295 g/mol. The average Bonchev–Trinajstić information content (AvgIpc) is 2.95. The van der Waals surface area contributed by atoms with Crippen molar-refractivity contribution in [3.63, 3.8) is 0 Å². The van der Waals surface area contributed by atoms with E-state index in [4.69, 9.17) is 11.6 Å². The Morgan fingerprint density at radius 1 is 1.33 bits per heavy atom. The number of hydrogen-bond donors (Lipinski definition) is 0. The smallest absolute Gasteiger partial charge is 0.246 e. The number of nitrogens with zero attached hydrogens (tertiary/aromatic N) is 2. The van der Waals surface area contributed by atoms with Gasteiger partial charge >= 0.3 is 0 Å². The van der Waals surface area contributed by atoms with E-state index in [1.54, 1.807) is 22.8 Å². The molecule has 2 atom stereocenters. The van der Waals surface area contributed by atoms with E-state index in [1.165, 1.54) is 12.1 Å². The highest BCUT2D eigenvalue weighted by atomic mass is 35.5. The maximum absolute atomic E-state index is 13.2. The molecule has 4 nitrogen and oxygen atoms in total. The van der Waals surface area contributed by atoms with Crippen LogP contribution in [-0.4, -0.2) is 40.2 Å². The van der Waals surface area contributed by atoms with E-state index in [1.807, 2.05) is 0 Å². The lowest BCUT2D eigenvalue weighted by Gasteiger charge is -2.41. The quantitative estimate of drug-likeness (QED) is 0.840. The number of hydrogen-bond acceptors (Lipinski definition) is 2. The number of carbonyl (C=O) groups is 2. The van der Waals surface area contributed by atoms with E-state index in [0.29, 0.717) is 6.54 Å². The van der Waals surface area contributed by atoms with Gasteiger partial charge < -0.3 is 9.80 Å². The fourth-order valence-electron chi connectivity index (χ4n) is 3.09. The van der Waals surface area contributed by atoms with Crippen LogP contribution in [0, 0.1) is 5.82 Å². The fraction of sp³-hybridized carbons (Fsp3) is 0.467. The van der Waals surface area contributed by atoms with Gasteiger partial charge in [-0.05, 0) is 37.5 Å². The van der Waals surface area contributed by atoms with Crippen molar-refractivity contribution in [2.75, 3.05) is 6.54 Å². The molecule has 2 saturated heterocycles. The van der Waals surface area contributed by atoms with Crippen LogP contribution in [0.3, 0.4) is 0 Å². The molecule has 2 aliphatic heterocycles. The van der Waals surface area contributed by atoms with E-state index in [2.05, 4.69) is 0 Å². The Kier molecular flexibility index (Phi) is 3.61. The molecular formula is C15H16ClFN2O2. The van der Waals surface area contributed by atoms with Crippen LogP contribution in [0.5, 0.6) is 0 Å². The summed E-state index contributed by atoms with van der Waals surface area (Å²) in [7, 11) is 0. The molecule has 1 aromatic rings. The first kappa shape index (κ1) is 14.3. The van der Waals surface area contributed by atoms with Crippen molar-refractivity contribution in [1.82, 2.24) is 9.80 Å². The molecule has 3 rings (SSSR count). The summed E-state index contributed by atoms with van der Waals surface area (Å²) in [5.41, 5.74) is 0.723. The fourth-order valence-corrected chi connectivity index (χ4v) is 3.30. The molecule has 1 aromatic carbocycles. The highest BCUT2D eigenvalue weighted by molar-refractivity contribution is 6.30. The molecule has 112 valence electrons. The first-order valence-electron chi connectivity index (χ1n) is 7.04. The highest BCUT2D eigenvalue weighted by Crippen LogP contribution is 2.28. The third kappa shape index (κ3) is 2.39. The zero-order chi connectivity index (χ0) is 15.1. The summed E-state index contributed by atoms with van der Waals surface area (Å²) in [5.74, 6) is -0.526. The van der Waals surface area contributed by atoms with E-state index in [9.17, 15) is 14.0 Å². The second-order valence-corrected chi connectivity index (χ2v) is 5.99. The molecule has 21 heavy (non-hydrogen) atoms. The third-order valence-corrected chi connectivity index (χ3v) is 4.56. The Hall–Kier alpha value is -1.62. The van der Waals surface area contributed by atoms with Gasteiger partial charge in [0.25, 0.3) is 0 Å². The van der Waals surface area contributed by atoms with Gasteiger partial charge in [0.05, 0.1) is 5.02 Å². The van der Waals surface area contributed by atoms with E-state index >= 15 is 0 Å². The van der Waals surface area contributed by atoms with Gasteiger partial charge in [-0.1, -0.05) is 17.7 Å². The van der Waals surface area contributed by atoms with E-state index < -0.39 is 11.9 Å². The van der Waals surface area contributed by atoms with Crippen LogP contribution < -0.4 is 0 Å². The second kappa shape index (κ2) is 5.30. The predicted octanol–water partition coefficient (Wildman–Crippen LogP) is 2.20. The molecule has 0 bridgehead atoms. The maximum atomic E-state index is 13.2. The van der Waals surface area contributed by atoms with Crippen molar-refractivity contribution in [2.24, 2.45) is 0 Å². The van der Waals surface area contributed by atoms with Gasteiger partial charge in [-0.3, -0.25) is 9.59 Å². The minimum atomic E-state index is -0.490. The van der Waals surface area contributed by atoms with Gasteiger partial charge in [0.15, 0.2) is 0 Å². The number of amides is 2. The lowest BCUT2D eigenvalue weighted by molar-refractivity contribution is -0.159. The van der Waals surface area contributed by atoms with E-state index in [0.717, 1.165) is 18.4 Å². The summed E-state index contributed by atoms with van der Waals surface area (Å²) >= 11 is 5.77. The molecule has 6 heteroatoms. The molecule has 0 spiro atoms. The van der Waals surface area contributed by atoms with Crippen LogP contribution >= 0.6 is 11.6 Å². The van der Waals surface area contributed by atoms with Gasteiger partial charge in [0.2, 0.25) is 11.8 Å². The Bertz CT molecular complexity index is 607. The van der Waals surface area contributed by atoms with Crippen molar-refractivity contribution in [2.45, 2.75) is 38.4 Å². The number of halogens is 2. The highest BCUT2D eigenvalue weighted by Gasteiger charge is 2.45. The first-order valence-corrected chi connectivity index (χ1v) is 7.41. The topological polar surface area (TPSA) is 40.6 Å². The molecule has 0 radical (unpaired) electrons. The molecule has 0 aromatic heterocycles. The van der Waals surface area contributed by atoms with Crippen LogP contribution in [0.2, 0.25) is 5.02 Å². The Morgan fingerprint density at radius 3 is 2.81 bits per heavy atom. The SMILES string of the molecule is C[C@H]1C(=O)N2CCC[C@H]2C(=O)N1Cc1ccc(F)c(Cl)c1. The predicted molar refractivity (Wildman–Crippen MR) is 76.2 cm³/mol. The van der Waals surface area contributed by atoms with Crippen LogP contribution in [-0.2, 0) is 16.1 Å². The summed E-state index contributed by atoms with van der Waals surface area (Å²) in [6, 6.07) is 3.55. The molecule has 0 N–H and O–H groups in total. The minimum absolute atomic E-state index is 0.00897. The molecule has 2 amide bonds. The van der Waals surface area contributed by atoms with Crippen molar-refractivity contribution in [3.8, 4) is 0 Å². The molecule has 2 aliphatic rings. The Morgan fingerprint density at radius 2 is 2.10 bits per heavy atom. The van der Waals surface area contributed by atoms with Crippen LogP contribution in [0.15, 0.2) is 18.2 Å². The summed E-state index contributed by atoms with van der Waals surface area (Å²) in [4.78, 5) is 28.1. The number of rotatable bonds is 2. The van der Waals surface area contributed by atoms with Crippen LogP contribution in [0.1, 0.15) is 25.3 Å². The summed E-state index contributed by atoms with van der Waals surface area (Å²) in [6.45, 7) is 2.67. The average molecular weight is 311 g/mol. The van der Waals surface area contributed by atoms with Gasteiger partial charge in [-0.2, -0.15) is 0 Å². The normalized spacial score (nSPS) is 25.5. The zero-order valence-electron chi connectivity index (χ0n) is 11.7. The van der Waals surface area contributed by atoms with Gasteiger partial charge in [0, 0.05) is 13.1 Å². The van der Waals surface area contributed by atoms with Gasteiger partial charge in [0.1, 0.15) is 17.9 Å². The number of carbonyl (C=O) groups excluding carboxylic acids is 2. The van der Waals surface area contributed by atoms with Crippen molar-refractivity contribution >= 4 is 23.4 Å². The van der Waals surface area contributed by atoms with Crippen LogP contribution in [0.25, 0.3) is 0 Å². The zero-order valence-corrected chi connectivity index (χ0v) is 12.4. The van der Waals surface area contributed by atoms with Crippen LogP contribution in [0.4, 0.5) is 4.39 Å². The van der Waals surface area contributed by atoms with Crippen molar-refractivity contribution in [3.05, 3.63) is 34.6 Å². The molecule has 0 aliphatic carbocycles. The Balaban J connectivity index is 1.85. The summed E-state index contributed by atoms with van der Waals surface area (Å²) in [6.07, 6.45) is 1.59. The lowest BCUT2D eigenvalue weighted by Crippen LogP contribution is -2.61. The molecule has 0 saturated carbocycles. The summed E-state index contributed by atoms with van der Waals surface area (Å²) < 4.78 is 13.2. The van der Waals surface area contributed by atoms with E-state index in [-0.39, 0.29) is 29.4 Å². The molecule has 2 heterocycles. The van der Waals surface area contributed by atoms with Crippen molar-refractivity contribution in [1.29, 1.82) is 0 Å². The monoisotopic (exact) mass is 310 g/mol. The summed E-state index contributed by atoms with van der Waals surface area (Å²) in [5, 5.41) is 0.0263. The number of fused-ring (bicyclic) bond motifs is 1. The van der Waals surface area contributed by atoms with Gasteiger partial charge in [-0.25, -0.2) is 4.39 Å². The number of piperazine rings is 1. The third-order valence-electron chi connectivity index (χ3n) is 4.27. The van der Waals surface area contributed by atoms with Crippen molar-refractivity contribution < 1.29 is 14.0 Å². The standard InChI is InChI=1S/C15H16ClFN2O2/c1-9-14(20)18-6-2-3-13(18)15(21)19(9)8-10-4-5-12(17)11(16)7-10/h4-5,7,9,13H,2-3,6,8H2,1H3/t9-,13-/m0/s1. The van der Waals surface area contributed by atoms with Gasteiger partial charge in [-0.15, -0.1) is 0 Å². The molecule has 0 unspecified atom stereocenters. The number of benzene rings is 1. The minimum Gasteiger partial charge on any atom is -0.329 e. The second-order valence-electron chi connectivity index (χ2n) is 5.58. The first-order chi connectivity index (χ1) is 9.99. The Labute approximate surface area is 127 Å². The maximum Gasteiger partial charge on any atom is 0.246 e. The lowest BCUT2D eigenvalue weighted by atomic mass is 10.0.